The zero-order valence-electron chi connectivity index (χ0n) is 9.85. The summed E-state index contributed by atoms with van der Waals surface area (Å²) in [6, 6.07) is 0. The Morgan fingerprint density at radius 1 is 1.33 bits per heavy atom. The second-order valence-corrected chi connectivity index (χ2v) is 5.28. The fourth-order valence-corrected chi connectivity index (χ4v) is 2.31. The highest BCUT2D eigenvalue weighted by Crippen LogP contribution is 2.38. The Hall–Kier alpha value is -0.900. The summed E-state index contributed by atoms with van der Waals surface area (Å²) in [5, 5.41) is 2.32. The molecule has 15 heavy (non-hydrogen) atoms. The molecule has 4 heteroatoms. The number of rotatable bonds is 3. The van der Waals surface area contributed by atoms with Crippen LogP contribution in [0, 0.1) is 5.41 Å². The van der Waals surface area contributed by atoms with E-state index in [0.717, 1.165) is 0 Å². The Morgan fingerprint density at radius 3 is 2.20 bits per heavy atom. The normalized spacial score (nSPS) is 21.3. The van der Waals surface area contributed by atoms with Crippen LogP contribution in [-0.2, 0) is 14.3 Å². The number of amides is 2. The van der Waals surface area contributed by atoms with Crippen molar-refractivity contribution >= 4 is 11.8 Å². The molecule has 0 aromatic rings. The zero-order chi connectivity index (χ0) is 11.7. The minimum Gasteiger partial charge on any atom is -0.379 e. The fraction of sp³-hybridized carbons (Fsp3) is 0.818. The molecule has 86 valence electrons. The van der Waals surface area contributed by atoms with Gasteiger partial charge in [-0.15, -0.1) is 0 Å². The van der Waals surface area contributed by atoms with E-state index in [-0.39, 0.29) is 22.8 Å². The number of nitrogens with one attached hydrogen (secondary N) is 1. The maximum Gasteiger partial charge on any atom is 0.227 e. The largest absolute Gasteiger partial charge is 0.379 e. The number of piperidine rings is 1. The molecule has 1 aliphatic heterocycles. The monoisotopic (exact) mass is 213 g/mol. The highest BCUT2D eigenvalue weighted by Gasteiger charge is 2.39. The van der Waals surface area contributed by atoms with Gasteiger partial charge < -0.3 is 4.74 Å². The van der Waals surface area contributed by atoms with E-state index in [1.807, 2.05) is 20.8 Å². The van der Waals surface area contributed by atoms with Gasteiger partial charge in [0.15, 0.2) is 0 Å². The molecule has 0 spiro atoms. The molecule has 1 N–H and O–H groups in total. The molecule has 0 unspecified atom stereocenters. The van der Waals surface area contributed by atoms with Crippen molar-refractivity contribution < 1.29 is 14.3 Å². The fourth-order valence-electron chi connectivity index (χ4n) is 2.31. The van der Waals surface area contributed by atoms with Crippen LogP contribution in [0.3, 0.4) is 0 Å². The molecule has 0 aromatic carbocycles. The maximum atomic E-state index is 11.3. The van der Waals surface area contributed by atoms with Crippen LogP contribution in [0.1, 0.15) is 40.0 Å². The molecule has 1 rings (SSSR count). The van der Waals surface area contributed by atoms with Gasteiger partial charge in [0, 0.05) is 20.0 Å². The molecule has 0 atom stereocenters. The number of imide groups is 1. The van der Waals surface area contributed by atoms with E-state index in [2.05, 4.69) is 5.32 Å². The Balaban J connectivity index is 2.73. The molecule has 4 nitrogen and oxygen atoms in total. The standard InChI is InChI=1S/C11H19NO3/c1-10(2,15-4)7-11(3)5-8(13)12-9(14)6-11/h5-7H2,1-4H3,(H,12,13,14). The van der Waals surface area contributed by atoms with Gasteiger partial charge in [-0.3, -0.25) is 14.9 Å². The summed E-state index contributed by atoms with van der Waals surface area (Å²) in [6.07, 6.45) is 1.49. The van der Waals surface area contributed by atoms with Crippen molar-refractivity contribution in [2.45, 2.75) is 45.6 Å². The lowest BCUT2D eigenvalue weighted by molar-refractivity contribution is -0.139. The summed E-state index contributed by atoms with van der Waals surface area (Å²) in [4.78, 5) is 22.6. The zero-order valence-corrected chi connectivity index (χ0v) is 9.85. The maximum absolute atomic E-state index is 11.3. The summed E-state index contributed by atoms with van der Waals surface area (Å²) < 4.78 is 5.33. The average molecular weight is 213 g/mol. The molecule has 0 aromatic heterocycles. The van der Waals surface area contributed by atoms with Crippen molar-refractivity contribution in [2.75, 3.05) is 7.11 Å². The number of carbonyl (C=O) groups is 2. The van der Waals surface area contributed by atoms with Crippen LogP contribution in [0.4, 0.5) is 0 Å². The molecule has 1 saturated heterocycles. The van der Waals surface area contributed by atoms with Crippen LogP contribution >= 0.6 is 0 Å². The highest BCUT2D eigenvalue weighted by atomic mass is 16.5. The number of methoxy groups -OCH3 is 1. The average Bonchev–Trinajstić information content (AvgIpc) is 1.99. The summed E-state index contributed by atoms with van der Waals surface area (Å²) in [7, 11) is 1.65. The van der Waals surface area contributed by atoms with Gasteiger partial charge in [-0.1, -0.05) is 6.92 Å². The number of carbonyl (C=O) groups excluding carboxylic acids is 2. The van der Waals surface area contributed by atoms with Gasteiger partial charge >= 0.3 is 0 Å². The van der Waals surface area contributed by atoms with Crippen molar-refractivity contribution in [1.82, 2.24) is 5.32 Å². The van der Waals surface area contributed by atoms with E-state index in [4.69, 9.17) is 4.74 Å². The molecule has 0 radical (unpaired) electrons. The number of hydrogen-bond acceptors (Lipinski definition) is 3. The number of ether oxygens (including phenoxy) is 1. The Kier molecular flexibility index (Phi) is 3.19. The predicted octanol–water partition coefficient (Wildman–Crippen LogP) is 1.24. The van der Waals surface area contributed by atoms with Crippen LogP contribution in [0.2, 0.25) is 0 Å². The van der Waals surface area contributed by atoms with Gasteiger partial charge in [-0.2, -0.15) is 0 Å². The van der Waals surface area contributed by atoms with Gasteiger partial charge in [0.1, 0.15) is 0 Å². The van der Waals surface area contributed by atoms with Crippen molar-refractivity contribution in [3.05, 3.63) is 0 Å². The smallest absolute Gasteiger partial charge is 0.227 e. The first kappa shape index (κ1) is 12.2. The Labute approximate surface area is 90.4 Å². The van der Waals surface area contributed by atoms with E-state index in [1.54, 1.807) is 7.11 Å². The minimum atomic E-state index is -0.299. The molecule has 0 saturated carbocycles. The Bertz CT molecular complexity index is 268. The molecule has 2 amide bonds. The number of hydrogen-bond donors (Lipinski definition) is 1. The Morgan fingerprint density at radius 2 is 1.80 bits per heavy atom. The van der Waals surface area contributed by atoms with Crippen LogP contribution in [-0.4, -0.2) is 24.5 Å². The quantitative estimate of drug-likeness (QED) is 0.718. The van der Waals surface area contributed by atoms with Crippen molar-refractivity contribution in [3.63, 3.8) is 0 Å². The third-order valence-electron chi connectivity index (χ3n) is 2.86. The predicted molar refractivity (Wildman–Crippen MR) is 56.2 cm³/mol. The summed E-state index contributed by atoms with van der Waals surface area (Å²) in [6.45, 7) is 5.90. The first-order valence-corrected chi connectivity index (χ1v) is 5.14. The van der Waals surface area contributed by atoms with Gasteiger partial charge in [0.2, 0.25) is 11.8 Å². The third kappa shape index (κ3) is 3.30. The van der Waals surface area contributed by atoms with E-state index in [9.17, 15) is 9.59 Å². The van der Waals surface area contributed by atoms with Gasteiger partial charge in [-0.25, -0.2) is 0 Å². The van der Waals surface area contributed by atoms with Gasteiger partial charge in [0.25, 0.3) is 0 Å². The summed E-state index contributed by atoms with van der Waals surface area (Å²) in [5.74, 6) is -0.360. The molecule has 0 aliphatic carbocycles. The van der Waals surface area contributed by atoms with Crippen LogP contribution < -0.4 is 5.32 Å². The lowest BCUT2D eigenvalue weighted by Crippen LogP contribution is -2.46. The van der Waals surface area contributed by atoms with Crippen LogP contribution in [0.25, 0.3) is 0 Å². The van der Waals surface area contributed by atoms with Gasteiger partial charge in [0.05, 0.1) is 5.60 Å². The van der Waals surface area contributed by atoms with Crippen LogP contribution in [0.5, 0.6) is 0 Å². The molecule has 1 aliphatic rings. The first-order chi connectivity index (χ1) is 6.76. The van der Waals surface area contributed by atoms with Crippen molar-refractivity contribution in [2.24, 2.45) is 5.41 Å². The van der Waals surface area contributed by atoms with E-state index < -0.39 is 0 Å². The molecule has 0 bridgehead atoms. The second-order valence-electron chi connectivity index (χ2n) is 5.28. The van der Waals surface area contributed by atoms with Crippen molar-refractivity contribution in [1.29, 1.82) is 0 Å². The lowest BCUT2D eigenvalue weighted by atomic mass is 9.73. The molecular formula is C11H19NO3. The lowest BCUT2D eigenvalue weighted by Gasteiger charge is -2.38. The van der Waals surface area contributed by atoms with Crippen molar-refractivity contribution in [3.8, 4) is 0 Å². The SMILES string of the molecule is COC(C)(C)CC1(C)CC(=O)NC(=O)C1. The summed E-state index contributed by atoms with van der Waals surface area (Å²) >= 11 is 0. The van der Waals surface area contributed by atoms with E-state index >= 15 is 0 Å². The van der Waals surface area contributed by atoms with Crippen LogP contribution in [0.15, 0.2) is 0 Å². The minimum absolute atomic E-state index is 0.180. The first-order valence-electron chi connectivity index (χ1n) is 5.14. The second kappa shape index (κ2) is 3.93. The molecule has 1 fully saturated rings. The topological polar surface area (TPSA) is 55.4 Å². The molecular weight excluding hydrogens is 194 g/mol. The summed E-state index contributed by atoms with van der Waals surface area (Å²) in [5.41, 5.74) is -0.578. The third-order valence-corrected chi connectivity index (χ3v) is 2.86. The van der Waals surface area contributed by atoms with Gasteiger partial charge in [-0.05, 0) is 25.7 Å². The van der Waals surface area contributed by atoms with E-state index in [0.29, 0.717) is 19.3 Å². The van der Waals surface area contributed by atoms with E-state index in [1.165, 1.54) is 0 Å². The molecule has 1 heterocycles. The highest BCUT2D eigenvalue weighted by molar-refractivity contribution is 5.98.